The second-order valence-corrected chi connectivity index (χ2v) is 4.39. The van der Waals surface area contributed by atoms with E-state index in [2.05, 4.69) is 0 Å². The van der Waals surface area contributed by atoms with Crippen LogP contribution in [0.2, 0.25) is 0 Å². The Morgan fingerprint density at radius 1 is 1.15 bits per heavy atom. The topological polar surface area (TPSA) is 89.7 Å². The Balaban J connectivity index is 2.18. The average molecular weight is 271 g/mol. The zero-order valence-electron chi connectivity index (χ0n) is 10.1. The normalized spacial score (nSPS) is 20.4. The Bertz CT molecular complexity index is 713. The maximum atomic E-state index is 11.8. The quantitative estimate of drug-likeness (QED) is 0.512. The summed E-state index contributed by atoms with van der Waals surface area (Å²) in [4.78, 5) is 22.0. The van der Waals surface area contributed by atoms with E-state index in [4.69, 9.17) is 4.74 Å². The monoisotopic (exact) mass is 271 g/mol. The van der Waals surface area contributed by atoms with E-state index in [0.717, 1.165) is 6.07 Å². The molecule has 1 aliphatic rings. The first-order valence-corrected chi connectivity index (χ1v) is 5.82. The molecule has 1 aliphatic heterocycles. The second kappa shape index (κ2) is 4.14. The number of non-ortho nitro benzene ring substituents is 1. The van der Waals surface area contributed by atoms with Crippen molar-refractivity contribution < 1.29 is 19.6 Å². The number of nitro groups is 1. The zero-order chi connectivity index (χ0) is 14.3. The van der Waals surface area contributed by atoms with Gasteiger partial charge in [0.2, 0.25) is 0 Å². The highest BCUT2D eigenvalue weighted by molar-refractivity contribution is 5.95. The largest absolute Gasteiger partial charge is 0.421 e. The van der Waals surface area contributed by atoms with Crippen LogP contribution in [0.1, 0.15) is 21.5 Å². The molecule has 0 saturated carbocycles. The van der Waals surface area contributed by atoms with E-state index in [9.17, 15) is 20.0 Å². The molecule has 0 fully saturated rings. The number of carbonyl (C=O) groups excluding carboxylic acids is 1. The number of carbonyl (C=O) groups is 1. The Labute approximate surface area is 113 Å². The molecule has 6 nitrogen and oxygen atoms in total. The molecule has 0 spiro atoms. The Kier molecular flexibility index (Phi) is 2.55. The first-order valence-electron chi connectivity index (χ1n) is 5.82. The van der Waals surface area contributed by atoms with Crippen LogP contribution in [0.15, 0.2) is 48.5 Å². The molecular weight excluding hydrogens is 262 g/mol. The van der Waals surface area contributed by atoms with Gasteiger partial charge in [-0.05, 0) is 6.07 Å². The molecule has 6 heteroatoms. The molecule has 2 aromatic rings. The molecule has 0 aliphatic carbocycles. The predicted molar refractivity (Wildman–Crippen MR) is 68.0 cm³/mol. The van der Waals surface area contributed by atoms with Crippen LogP contribution < -0.4 is 0 Å². The van der Waals surface area contributed by atoms with E-state index in [-0.39, 0.29) is 16.8 Å². The van der Waals surface area contributed by atoms with Crippen molar-refractivity contribution in [2.24, 2.45) is 0 Å². The minimum atomic E-state index is -1.90. The van der Waals surface area contributed by atoms with Gasteiger partial charge in [0.15, 0.2) is 0 Å². The average Bonchev–Trinajstić information content (AvgIpc) is 2.72. The number of rotatable bonds is 2. The molecule has 1 atom stereocenters. The van der Waals surface area contributed by atoms with Crippen molar-refractivity contribution in [3.8, 4) is 0 Å². The fourth-order valence-electron chi connectivity index (χ4n) is 2.23. The minimum absolute atomic E-state index is 0.00514. The lowest BCUT2D eigenvalue weighted by Gasteiger charge is -2.22. The van der Waals surface area contributed by atoms with Crippen LogP contribution in [-0.2, 0) is 10.5 Å². The van der Waals surface area contributed by atoms with Crippen molar-refractivity contribution in [1.29, 1.82) is 0 Å². The molecule has 100 valence electrons. The highest BCUT2D eigenvalue weighted by Crippen LogP contribution is 2.40. The number of ether oxygens (including phenoxy) is 1. The van der Waals surface area contributed by atoms with Crippen molar-refractivity contribution >= 4 is 11.7 Å². The van der Waals surface area contributed by atoms with E-state index in [0.29, 0.717) is 5.56 Å². The van der Waals surface area contributed by atoms with Gasteiger partial charge in [-0.3, -0.25) is 10.1 Å². The third-order valence-corrected chi connectivity index (χ3v) is 3.20. The molecule has 1 unspecified atom stereocenters. The summed E-state index contributed by atoms with van der Waals surface area (Å²) < 4.78 is 5.03. The maximum absolute atomic E-state index is 11.8. The number of nitrogens with zero attached hydrogens (tertiary/aromatic N) is 1. The maximum Gasteiger partial charge on any atom is 0.341 e. The third-order valence-electron chi connectivity index (χ3n) is 3.20. The van der Waals surface area contributed by atoms with Gasteiger partial charge in [0, 0.05) is 23.3 Å². The number of hydrogen-bond acceptors (Lipinski definition) is 5. The summed E-state index contributed by atoms with van der Waals surface area (Å²) in [6.45, 7) is 0. The highest BCUT2D eigenvalue weighted by atomic mass is 16.7. The van der Waals surface area contributed by atoms with Crippen LogP contribution in [0.5, 0.6) is 0 Å². The highest BCUT2D eigenvalue weighted by Gasteiger charge is 2.46. The van der Waals surface area contributed by atoms with Crippen molar-refractivity contribution in [3.05, 3.63) is 75.3 Å². The number of fused-ring (bicyclic) bond motifs is 1. The van der Waals surface area contributed by atoms with Gasteiger partial charge in [-0.25, -0.2) is 4.79 Å². The summed E-state index contributed by atoms with van der Waals surface area (Å²) in [5.41, 5.74) is 0.379. The van der Waals surface area contributed by atoms with Crippen molar-refractivity contribution in [2.75, 3.05) is 0 Å². The third kappa shape index (κ3) is 1.66. The van der Waals surface area contributed by atoms with Gasteiger partial charge in [0.1, 0.15) is 0 Å². The lowest BCUT2D eigenvalue weighted by molar-refractivity contribution is -0.384. The summed E-state index contributed by atoms with van der Waals surface area (Å²) in [7, 11) is 0. The molecule has 0 radical (unpaired) electrons. The van der Waals surface area contributed by atoms with Crippen LogP contribution in [0, 0.1) is 10.1 Å². The minimum Gasteiger partial charge on any atom is -0.421 e. The van der Waals surface area contributed by atoms with Crippen LogP contribution in [-0.4, -0.2) is 16.0 Å². The van der Waals surface area contributed by atoms with Gasteiger partial charge in [-0.1, -0.05) is 30.3 Å². The van der Waals surface area contributed by atoms with E-state index >= 15 is 0 Å². The number of hydrogen-bond donors (Lipinski definition) is 1. The molecular formula is C14H9NO5. The fourth-order valence-corrected chi connectivity index (χ4v) is 2.23. The van der Waals surface area contributed by atoms with Crippen LogP contribution in [0.25, 0.3) is 0 Å². The van der Waals surface area contributed by atoms with E-state index < -0.39 is 16.7 Å². The molecule has 1 heterocycles. The number of aliphatic hydroxyl groups is 1. The number of nitro benzene ring substituents is 1. The Morgan fingerprint density at radius 2 is 1.85 bits per heavy atom. The number of esters is 1. The summed E-state index contributed by atoms with van der Waals surface area (Å²) in [5.74, 6) is -2.68. The standard InChI is InChI=1S/C14H9NO5/c16-13-11-8-10(15(18)19)6-7-12(11)14(17,20-13)9-4-2-1-3-5-9/h1-8,17H. The van der Waals surface area contributed by atoms with Crippen molar-refractivity contribution in [3.63, 3.8) is 0 Å². The van der Waals surface area contributed by atoms with Crippen LogP contribution in [0.3, 0.4) is 0 Å². The van der Waals surface area contributed by atoms with Crippen molar-refractivity contribution in [2.45, 2.75) is 5.79 Å². The Morgan fingerprint density at radius 3 is 2.50 bits per heavy atom. The fraction of sp³-hybridized carbons (Fsp3) is 0.0714. The van der Waals surface area contributed by atoms with Crippen LogP contribution in [0.4, 0.5) is 5.69 Å². The smallest absolute Gasteiger partial charge is 0.341 e. The van der Waals surface area contributed by atoms with E-state index in [1.54, 1.807) is 30.3 Å². The molecule has 20 heavy (non-hydrogen) atoms. The second-order valence-electron chi connectivity index (χ2n) is 4.39. The molecule has 1 N–H and O–H groups in total. The van der Waals surface area contributed by atoms with Gasteiger partial charge >= 0.3 is 5.97 Å². The van der Waals surface area contributed by atoms with Gasteiger partial charge in [-0.15, -0.1) is 0 Å². The van der Waals surface area contributed by atoms with E-state index in [1.165, 1.54) is 12.1 Å². The van der Waals surface area contributed by atoms with Crippen molar-refractivity contribution in [1.82, 2.24) is 0 Å². The van der Waals surface area contributed by atoms with Gasteiger partial charge in [0.25, 0.3) is 11.5 Å². The molecule has 3 rings (SSSR count). The summed E-state index contributed by atoms with van der Waals surface area (Å²) in [5, 5.41) is 21.3. The van der Waals surface area contributed by atoms with Crippen LogP contribution >= 0.6 is 0 Å². The van der Waals surface area contributed by atoms with E-state index in [1.807, 2.05) is 0 Å². The molecule has 0 aromatic heterocycles. The first kappa shape index (κ1) is 12.3. The molecule has 2 aromatic carbocycles. The predicted octanol–water partition coefficient (Wildman–Crippen LogP) is 1.96. The lowest BCUT2D eigenvalue weighted by atomic mass is 9.95. The first-order chi connectivity index (χ1) is 9.52. The molecule has 0 amide bonds. The van der Waals surface area contributed by atoms with Gasteiger partial charge in [-0.2, -0.15) is 0 Å². The summed E-state index contributed by atoms with van der Waals surface area (Å²) in [6.07, 6.45) is 0. The molecule has 0 bridgehead atoms. The number of benzene rings is 2. The summed E-state index contributed by atoms with van der Waals surface area (Å²) in [6, 6.07) is 12.1. The van der Waals surface area contributed by atoms with Gasteiger partial charge in [0.05, 0.1) is 10.5 Å². The molecule has 0 saturated heterocycles. The number of cyclic esters (lactones) is 1. The zero-order valence-corrected chi connectivity index (χ0v) is 10.1. The Hall–Kier alpha value is -2.73. The summed E-state index contributed by atoms with van der Waals surface area (Å²) >= 11 is 0. The lowest BCUT2D eigenvalue weighted by Crippen LogP contribution is -2.26. The van der Waals surface area contributed by atoms with Gasteiger partial charge < -0.3 is 9.84 Å². The SMILES string of the molecule is O=C1OC(O)(c2ccccc2)c2ccc([N+](=O)[O-])cc21.